The lowest BCUT2D eigenvalue weighted by Gasteiger charge is -2.31. The summed E-state index contributed by atoms with van der Waals surface area (Å²) >= 11 is 0. The van der Waals surface area contributed by atoms with Crippen LogP contribution in [0.15, 0.2) is 53.2 Å². The van der Waals surface area contributed by atoms with Gasteiger partial charge in [0, 0.05) is 24.8 Å². The van der Waals surface area contributed by atoms with E-state index in [-0.39, 0.29) is 24.2 Å². The number of carbonyl (C=O) groups excluding carboxylic acids is 1. The lowest BCUT2D eigenvalue weighted by Crippen LogP contribution is -2.41. The smallest absolute Gasteiger partial charge is 0.260 e. The number of carbonyl (C=O) groups is 1. The molecule has 4 rings (SSSR count). The molecule has 2 aromatic heterocycles. The molecule has 1 aliphatic rings. The molecule has 1 unspecified atom stereocenters. The van der Waals surface area contributed by atoms with E-state index in [9.17, 15) is 9.18 Å². The van der Waals surface area contributed by atoms with Crippen LogP contribution in [-0.2, 0) is 4.79 Å². The normalized spacial score (nSPS) is 16.8. The first-order valence-electron chi connectivity index (χ1n) is 9.09. The van der Waals surface area contributed by atoms with Crippen LogP contribution in [0.2, 0.25) is 0 Å². The first-order chi connectivity index (χ1) is 13.7. The molecule has 0 saturated carbocycles. The Hall–Kier alpha value is -3.29. The molecule has 1 fully saturated rings. The molecule has 1 aromatic carbocycles. The van der Waals surface area contributed by atoms with Gasteiger partial charge in [0.2, 0.25) is 11.8 Å². The molecule has 0 spiro atoms. The predicted molar refractivity (Wildman–Crippen MR) is 98.0 cm³/mol. The van der Waals surface area contributed by atoms with Gasteiger partial charge in [-0.25, -0.2) is 4.39 Å². The summed E-state index contributed by atoms with van der Waals surface area (Å²) in [5, 5.41) is 8.20. The van der Waals surface area contributed by atoms with Gasteiger partial charge in [-0.15, -0.1) is 10.2 Å². The van der Waals surface area contributed by atoms with Crippen LogP contribution >= 0.6 is 0 Å². The second-order valence-corrected chi connectivity index (χ2v) is 6.61. The Morgan fingerprint density at radius 3 is 2.89 bits per heavy atom. The monoisotopic (exact) mass is 382 g/mol. The fourth-order valence-corrected chi connectivity index (χ4v) is 3.18. The van der Waals surface area contributed by atoms with Crippen LogP contribution < -0.4 is 4.74 Å². The standard InChI is InChI=1S/C20H19FN4O3/c21-16-7-5-14(6-8-16)19-23-24-20(28-19)15-3-2-10-25(12-15)18(26)13-27-17-4-1-9-22-11-17/h1,4-9,11,15H,2-3,10,12-13H2. The lowest BCUT2D eigenvalue weighted by atomic mass is 9.98. The van der Waals surface area contributed by atoms with Crippen LogP contribution in [0.5, 0.6) is 5.75 Å². The van der Waals surface area contributed by atoms with Crippen molar-refractivity contribution in [3.8, 4) is 17.2 Å². The highest BCUT2D eigenvalue weighted by molar-refractivity contribution is 5.78. The van der Waals surface area contributed by atoms with Crippen LogP contribution in [0.4, 0.5) is 4.39 Å². The molecule has 7 nitrogen and oxygen atoms in total. The second-order valence-electron chi connectivity index (χ2n) is 6.61. The summed E-state index contributed by atoms with van der Waals surface area (Å²) in [7, 11) is 0. The number of likely N-dealkylation sites (tertiary alicyclic amines) is 1. The van der Waals surface area contributed by atoms with Crippen LogP contribution in [-0.4, -0.2) is 45.7 Å². The van der Waals surface area contributed by atoms with E-state index < -0.39 is 0 Å². The van der Waals surface area contributed by atoms with Gasteiger partial charge in [-0.3, -0.25) is 9.78 Å². The molecule has 0 aliphatic carbocycles. The Balaban J connectivity index is 1.38. The molecule has 3 heterocycles. The number of benzene rings is 1. The lowest BCUT2D eigenvalue weighted by molar-refractivity contribution is -0.134. The molecular weight excluding hydrogens is 363 g/mol. The van der Waals surface area contributed by atoms with E-state index in [1.807, 2.05) is 0 Å². The minimum Gasteiger partial charge on any atom is -0.482 e. The minimum atomic E-state index is -0.321. The third-order valence-electron chi connectivity index (χ3n) is 4.65. The molecule has 144 valence electrons. The molecule has 0 radical (unpaired) electrons. The van der Waals surface area contributed by atoms with Crippen LogP contribution in [0.1, 0.15) is 24.7 Å². The maximum Gasteiger partial charge on any atom is 0.260 e. The van der Waals surface area contributed by atoms with Crippen molar-refractivity contribution in [1.82, 2.24) is 20.1 Å². The molecule has 1 aliphatic heterocycles. The van der Waals surface area contributed by atoms with Crippen LogP contribution in [0.25, 0.3) is 11.5 Å². The Morgan fingerprint density at radius 2 is 2.11 bits per heavy atom. The summed E-state index contributed by atoms with van der Waals surface area (Å²) in [6.45, 7) is 1.13. The Bertz CT molecular complexity index is 930. The molecule has 1 saturated heterocycles. The molecule has 3 aromatic rings. The summed E-state index contributed by atoms with van der Waals surface area (Å²) in [6, 6.07) is 9.41. The summed E-state index contributed by atoms with van der Waals surface area (Å²) in [5.74, 6) is 0.955. The van der Waals surface area contributed by atoms with E-state index >= 15 is 0 Å². The summed E-state index contributed by atoms with van der Waals surface area (Å²) < 4.78 is 24.4. The van der Waals surface area contributed by atoms with Crippen molar-refractivity contribution in [3.63, 3.8) is 0 Å². The number of hydrogen-bond donors (Lipinski definition) is 0. The van der Waals surface area contributed by atoms with Gasteiger partial charge < -0.3 is 14.1 Å². The van der Waals surface area contributed by atoms with Gasteiger partial charge >= 0.3 is 0 Å². The topological polar surface area (TPSA) is 81.4 Å². The van der Waals surface area contributed by atoms with E-state index in [4.69, 9.17) is 9.15 Å². The van der Waals surface area contributed by atoms with E-state index in [0.717, 1.165) is 12.8 Å². The van der Waals surface area contributed by atoms with E-state index in [0.29, 0.717) is 36.2 Å². The van der Waals surface area contributed by atoms with Gasteiger partial charge in [-0.05, 0) is 49.2 Å². The molecule has 8 heteroatoms. The highest BCUT2D eigenvalue weighted by atomic mass is 19.1. The minimum absolute atomic E-state index is 0.0298. The van der Waals surface area contributed by atoms with Crippen molar-refractivity contribution >= 4 is 5.91 Å². The molecule has 28 heavy (non-hydrogen) atoms. The second kappa shape index (κ2) is 8.16. The quantitative estimate of drug-likeness (QED) is 0.675. The maximum atomic E-state index is 13.1. The van der Waals surface area contributed by atoms with E-state index in [1.165, 1.54) is 12.1 Å². The van der Waals surface area contributed by atoms with Crippen molar-refractivity contribution in [2.24, 2.45) is 0 Å². The van der Waals surface area contributed by atoms with Crippen LogP contribution in [0.3, 0.4) is 0 Å². The maximum absolute atomic E-state index is 13.1. The number of rotatable bonds is 5. The average molecular weight is 382 g/mol. The average Bonchev–Trinajstić information content (AvgIpc) is 3.24. The van der Waals surface area contributed by atoms with E-state index in [1.54, 1.807) is 41.6 Å². The number of amides is 1. The number of hydrogen-bond acceptors (Lipinski definition) is 6. The molecule has 1 atom stereocenters. The highest BCUT2D eigenvalue weighted by Gasteiger charge is 2.28. The predicted octanol–water partition coefficient (Wildman–Crippen LogP) is 3.06. The van der Waals surface area contributed by atoms with Gasteiger partial charge in [0.05, 0.1) is 12.1 Å². The van der Waals surface area contributed by atoms with Crippen LogP contribution in [0, 0.1) is 5.82 Å². The number of ether oxygens (including phenoxy) is 1. The highest BCUT2D eigenvalue weighted by Crippen LogP contribution is 2.28. The van der Waals surface area contributed by atoms with Crippen molar-refractivity contribution in [2.45, 2.75) is 18.8 Å². The Labute approximate surface area is 161 Å². The molecular formula is C20H19FN4O3. The zero-order chi connectivity index (χ0) is 19.3. The number of halogens is 1. The van der Waals surface area contributed by atoms with Gasteiger partial charge in [0.1, 0.15) is 11.6 Å². The SMILES string of the molecule is O=C(COc1cccnc1)N1CCCC(c2nnc(-c3ccc(F)cc3)o2)C1. The van der Waals surface area contributed by atoms with Crippen molar-refractivity contribution in [3.05, 3.63) is 60.5 Å². The number of piperidine rings is 1. The Kier molecular flexibility index (Phi) is 5.27. The third kappa shape index (κ3) is 4.16. The third-order valence-corrected chi connectivity index (χ3v) is 4.65. The van der Waals surface area contributed by atoms with E-state index in [2.05, 4.69) is 15.2 Å². The first kappa shape index (κ1) is 18.1. The first-order valence-corrected chi connectivity index (χ1v) is 9.09. The van der Waals surface area contributed by atoms with Gasteiger partial charge in [0.25, 0.3) is 5.91 Å². The number of pyridine rings is 1. The molecule has 0 N–H and O–H groups in total. The summed E-state index contributed by atoms with van der Waals surface area (Å²) in [5.41, 5.74) is 0.661. The fraction of sp³-hybridized carbons (Fsp3) is 0.300. The summed E-state index contributed by atoms with van der Waals surface area (Å²) in [4.78, 5) is 18.2. The van der Waals surface area contributed by atoms with Gasteiger partial charge in [-0.1, -0.05) is 0 Å². The van der Waals surface area contributed by atoms with Gasteiger partial charge in [0.15, 0.2) is 6.61 Å². The number of nitrogens with zero attached hydrogens (tertiary/aromatic N) is 4. The largest absolute Gasteiger partial charge is 0.482 e. The Morgan fingerprint density at radius 1 is 1.25 bits per heavy atom. The molecule has 0 bridgehead atoms. The van der Waals surface area contributed by atoms with Gasteiger partial charge in [-0.2, -0.15) is 0 Å². The fourth-order valence-electron chi connectivity index (χ4n) is 3.18. The zero-order valence-corrected chi connectivity index (χ0v) is 15.1. The van der Waals surface area contributed by atoms with Crippen molar-refractivity contribution in [2.75, 3.05) is 19.7 Å². The van der Waals surface area contributed by atoms with Crippen molar-refractivity contribution in [1.29, 1.82) is 0 Å². The van der Waals surface area contributed by atoms with Crippen molar-refractivity contribution < 1.29 is 18.3 Å². The zero-order valence-electron chi connectivity index (χ0n) is 15.1. The number of aromatic nitrogens is 3. The molecule has 1 amide bonds. The summed E-state index contributed by atoms with van der Waals surface area (Å²) in [6.07, 6.45) is 4.92.